The zero-order valence-electron chi connectivity index (χ0n) is 17.1. The van der Waals surface area contributed by atoms with E-state index in [1.165, 1.54) is 0 Å². The molecule has 0 saturated heterocycles. The lowest BCUT2D eigenvalue weighted by Crippen LogP contribution is -2.16. The monoisotopic (exact) mass is 411 g/mol. The predicted molar refractivity (Wildman–Crippen MR) is 127 cm³/mol. The average Bonchev–Trinajstić information content (AvgIpc) is 3.21. The summed E-state index contributed by atoms with van der Waals surface area (Å²) >= 11 is 0. The number of nitrogens with zero attached hydrogens (tertiary/aromatic N) is 1. The number of anilines is 3. The molecule has 1 aliphatic heterocycles. The van der Waals surface area contributed by atoms with Gasteiger partial charge in [0.25, 0.3) is 0 Å². The smallest absolute Gasteiger partial charge is 0.194 e. The summed E-state index contributed by atoms with van der Waals surface area (Å²) in [5, 5.41) is 0. The van der Waals surface area contributed by atoms with Crippen molar-refractivity contribution in [3.63, 3.8) is 0 Å². The lowest BCUT2D eigenvalue weighted by Gasteiger charge is -2.33. The first-order valence-corrected chi connectivity index (χ1v) is 10.7. The van der Waals surface area contributed by atoms with Gasteiger partial charge in [-0.05, 0) is 64.7 Å². The van der Waals surface area contributed by atoms with E-state index in [-0.39, 0.29) is 5.78 Å². The van der Waals surface area contributed by atoms with Crippen LogP contribution in [-0.4, -0.2) is 5.78 Å². The Hall–Kier alpha value is -4.37. The van der Waals surface area contributed by atoms with Crippen LogP contribution in [-0.2, 0) is 0 Å². The van der Waals surface area contributed by atoms with Crippen LogP contribution < -0.4 is 9.64 Å². The number of ketones is 1. The first kappa shape index (κ1) is 17.3. The number of benzene rings is 3. The van der Waals surface area contributed by atoms with Gasteiger partial charge in [-0.15, -0.1) is 0 Å². The van der Waals surface area contributed by atoms with Gasteiger partial charge in [0.05, 0.1) is 11.4 Å². The Morgan fingerprint density at radius 2 is 1.25 bits per heavy atom. The first-order valence-electron chi connectivity index (χ1n) is 10.7. The number of carbonyl (C=O) groups is 1. The highest BCUT2D eigenvalue weighted by Gasteiger charge is 2.33. The average molecular weight is 411 g/mol. The maximum absolute atomic E-state index is 13.5. The third-order valence-electron chi connectivity index (χ3n) is 6.37. The molecule has 0 atom stereocenters. The second-order valence-corrected chi connectivity index (χ2v) is 8.14. The Morgan fingerprint density at radius 3 is 2.03 bits per heavy atom. The van der Waals surface area contributed by atoms with E-state index < -0.39 is 0 Å². The molecule has 7 rings (SSSR count). The fourth-order valence-corrected chi connectivity index (χ4v) is 4.96. The molecule has 0 spiro atoms. The molecule has 3 nitrogen and oxygen atoms in total. The van der Waals surface area contributed by atoms with Gasteiger partial charge in [0.2, 0.25) is 0 Å². The molecule has 3 heteroatoms. The summed E-state index contributed by atoms with van der Waals surface area (Å²) in [5.41, 5.74) is 8.56. The fourth-order valence-electron chi connectivity index (χ4n) is 4.96. The van der Waals surface area contributed by atoms with Crippen molar-refractivity contribution >= 4 is 22.8 Å². The number of rotatable bonds is 1. The van der Waals surface area contributed by atoms with Crippen LogP contribution in [0.3, 0.4) is 0 Å². The van der Waals surface area contributed by atoms with E-state index in [0.717, 1.165) is 61.9 Å². The van der Waals surface area contributed by atoms with Crippen LogP contribution >= 0.6 is 0 Å². The molecule has 0 unspecified atom stereocenters. The normalized spacial score (nSPS) is 13.2. The number of hydrogen-bond acceptors (Lipinski definition) is 3. The quantitative estimate of drug-likeness (QED) is 0.279. The second kappa shape index (κ2) is 6.32. The van der Waals surface area contributed by atoms with Crippen LogP contribution in [0.15, 0.2) is 103 Å². The van der Waals surface area contributed by atoms with E-state index in [1.807, 2.05) is 78.9 Å². The van der Waals surface area contributed by atoms with Crippen molar-refractivity contribution in [2.75, 3.05) is 4.90 Å². The largest absolute Gasteiger partial charge is 0.453 e. The van der Waals surface area contributed by atoms with E-state index in [4.69, 9.17) is 4.74 Å². The lowest BCUT2D eigenvalue weighted by molar-refractivity contribution is 0.104. The Kier molecular flexibility index (Phi) is 3.42. The number of carbonyl (C=O) groups excluding carboxylic acids is 1. The molecular weight excluding hydrogens is 394 g/mol. The second-order valence-electron chi connectivity index (χ2n) is 8.14. The van der Waals surface area contributed by atoms with Gasteiger partial charge in [-0.2, -0.15) is 0 Å². The summed E-state index contributed by atoms with van der Waals surface area (Å²) in [4.78, 5) is 15.7. The topological polar surface area (TPSA) is 29.5 Å². The minimum Gasteiger partial charge on any atom is -0.453 e. The van der Waals surface area contributed by atoms with Gasteiger partial charge in [0.1, 0.15) is 0 Å². The highest BCUT2D eigenvalue weighted by Crippen LogP contribution is 2.52. The van der Waals surface area contributed by atoms with E-state index in [2.05, 4.69) is 29.2 Å². The maximum Gasteiger partial charge on any atom is 0.194 e. The highest BCUT2D eigenvalue weighted by molar-refractivity contribution is 6.26. The van der Waals surface area contributed by atoms with Crippen molar-refractivity contribution in [3.8, 4) is 33.8 Å². The van der Waals surface area contributed by atoms with Gasteiger partial charge in [-0.3, -0.25) is 4.79 Å². The van der Waals surface area contributed by atoms with E-state index in [9.17, 15) is 4.79 Å². The highest BCUT2D eigenvalue weighted by atomic mass is 16.5. The molecule has 3 aromatic rings. The van der Waals surface area contributed by atoms with Gasteiger partial charge in [0.15, 0.2) is 17.3 Å². The van der Waals surface area contributed by atoms with Crippen molar-refractivity contribution in [3.05, 3.63) is 114 Å². The van der Waals surface area contributed by atoms with Crippen molar-refractivity contribution in [1.29, 1.82) is 0 Å². The zero-order chi connectivity index (χ0) is 21.2. The third-order valence-corrected chi connectivity index (χ3v) is 6.37. The molecule has 0 saturated carbocycles. The van der Waals surface area contributed by atoms with Crippen LogP contribution in [0.25, 0.3) is 22.3 Å². The van der Waals surface area contributed by atoms with Gasteiger partial charge >= 0.3 is 0 Å². The predicted octanol–water partition coefficient (Wildman–Crippen LogP) is 7.58. The van der Waals surface area contributed by atoms with Crippen LogP contribution in [0.2, 0.25) is 0 Å². The first-order chi connectivity index (χ1) is 15.8. The van der Waals surface area contributed by atoms with Gasteiger partial charge in [-0.25, -0.2) is 0 Å². The lowest BCUT2D eigenvalue weighted by atomic mass is 10.0. The summed E-state index contributed by atoms with van der Waals surface area (Å²) in [7, 11) is 0. The minimum absolute atomic E-state index is 0.0906. The summed E-state index contributed by atoms with van der Waals surface area (Å²) in [5.74, 6) is 1.69. The van der Waals surface area contributed by atoms with Crippen LogP contribution in [0.1, 0.15) is 15.9 Å². The molecule has 150 valence electrons. The molecule has 32 heavy (non-hydrogen) atoms. The molecule has 0 aromatic heterocycles. The molecule has 0 amide bonds. The number of ether oxygens (including phenoxy) is 1. The summed E-state index contributed by atoms with van der Waals surface area (Å²) in [6.45, 7) is 0. The van der Waals surface area contributed by atoms with Gasteiger partial charge in [-0.1, -0.05) is 60.7 Å². The standard InChI is InChI=1S/C29H17NO2/c31-29-23-17-19(14-15-21(23)22-16-18-8-2-1-3-9-20(18)28(22)29)30-24-10-4-6-12-26(24)32-27-13-7-5-11-25(27)30/h1-17H. The van der Waals surface area contributed by atoms with Crippen LogP contribution in [0.4, 0.5) is 17.1 Å². The molecule has 1 heterocycles. The van der Waals surface area contributed by atoms with E-state index in [0.29, 0.717) is 0 Å². The molecule has 3 aliphatic carbocycles. The fraction of sp³-hybridized carbons (Fsp3) is 0. The molecule has 3 aromatic carbocycles. The van der Waals surface area contributed by atoms with Crippen LogP contribution in [0, 0.1) is 0 Å². The third kappa shape index (κ3) is 2.28. The van der Waals surface area contributed by atoms with Crippen molar-refractivity contribution in [1.82, 2.24) is 0 Å². The molecule has 0 N–H and O–H groups in total. The van der Waals surface area contributed by atoms with Gasteiger partial charge in [0, 0.05) is 16.8 Å². The number of hydrogen-bond donors (Lipinski definition) is 0. The number of para-hydroxylation sites is 4. The summed E-state index contributed by atoms with van der Waals surface area (Å²) in [6, 6.07) is 34.4. The minimum atomic E-state index is 0.0906. The summed E-state index contributed by atoms with van der Waals surface area (Å²) < 4.78 is 6.13. The van der Waals surface area contributed by atoms with Crippen LogP contribution in [0.5, 0.6) is 11.5 Å². The summed E-state index contributed by atoms with van der Waals surface area (Å²) in [6.07, 6.45) is 0. The molecular formula is C29H17NO2. The Balaban J connectivity index is 1.43. The Bertz CT molecular complexity index is 1490. The van der Waals surface area contributed by atoms with E-state index >= 15 is 0 Å². The maximum atomic E-state index is 13.5. The zero-order valence-corrected chi connectivity index (χ0v) is 17.1. The molecule has 4 aliphatic rings. The molecule has 0 radical (unpaired) electrons. The van der Waals surface area contributed by atoms with Crippen molar-refractivity contribution < 1.29 is 9.53 Å². The molecule has 0 fully saturated rings. The van der Waals surface area contributed by atoms with Crippen molar-refractivity contribution in [2.45, 2.75) is 0 Å². The number of fused-ring (bicyclic) bond motifs is 7. The van der Waals surface area contributed by atoms with Crippen molar-refractivity contribution in [2.24, 2.45) is 0 Å². The van der Waals surface area contributed by atoms with Gasteiger partial charge < -0.3 is 9.64 Å². The Labute approximate surface area is 185 Å². The SMILES string of the molecule is O=C1c2cc(N3c4ccccc4Oc4ccccc43)ccc2-c2cc3cccccc-3c21. The van der Waals surface area contributed by atoms with E-state index in [1.54, 1.807) is 0 Å². The molecule has 0 bridgehead atoms. The Morgan fingerprint density at radius 1 is 0.562 bits per heavy atom.